The lowest BCUT2D eigenvalue weighted by Gasteiger charge is -2.23. The highest BCUT2D eigenvalue weighted by atomic mass is 16.5. The van der Waals surface area contributed by atoms with Gasteiger partial charge in [0.05, 0.1) is 0 Å². The van der Waals surface area contributed by atoms with E-state index in [-0.39, 0.29) is 18.4 Å². The minimum atomic E-state index is -0.143. The fourth-order valence-electron chi connectivity index (χ4n) is 3.47. The van der Waals surface area contributed by atoms with Crippen molar-refractivity contribution in [2.45, 2.75) is 26.2 Å². The van der Waals surface area contributed by atoms with Gasteiger partial charge in [-0.05, 0) is 44.0 Å². The van der Waals surface area contributed by atoms with E-state index in [0.29, 0.717) is 18.7 Å². The predicted molar refractivity (Wildman–Crippen MR) is 115 cm³/mol. The van der Waals surface area contributed by atoms with Crippen LogP contribution >= 0.6 is 0 Å². The molecule has 0 aromatic heterocycles. The normalized spacial score (nSPS) is 13.4. The maximum atomic E-state index is 12.1. The second kappa shape index (κ2) is 10.5. The molecule has 0 unspecified atom stereocenters. The number of hydrogen-bond donors (Lipinski definition) is 1. The van der Waals surface area contributed by atoms with E-state index < -0.39 is 0 Å². The largest absolute Gasteiger partial charge is 0.484 e. The van der Waals surface area contributed by atoms with Crippen LogP contribution < -0.4 is 19.9 Å². The highest BCUT2D eigenvalue weighted by Gasteiger charge is 2.21. The van der Waals surface area contributed by atoms with E-state index in [1.165, 1.54) is 5.69 Å². The van der Waals surface area contributed by atoms with E-state index >= 15 is 0 Å². The van der Waals surface area contributed by atoms with Crippen LogP contribution in [0.3, 0.4) is 0 Å². The van der Waals surface area contributed by atoms with Crippen molar-refractivity contribution in [2.24, 2.45) is 0 Å². The van der Waals surface area contributed by atoms with Crippen LogP contribution in [0.5, 0.6) is 5.75 Å². The molecule has 29 heavy (non-hydrogen) atoms. The van der Waals surface area contributed by atoms with Crippen molar-refractivity contribution in [3.8, 4) is 5.75 Å². The summed E-state index contributed by atoms with van der Waals surface area (Å²) in [5, 5.41) is 2.91. The molecule has 0 radical (unpaired) electrons. The van der Waals surface area contributed by atoms with Gasteiger partial charge in [0.1, 0.15) is 5.75 Å². The van der Waals surface area contributed by atoms with E-state index in [1.807, 2.05) is 36.4 Å². The molecule has 0 saturated carbocycles. The Balaban J connectivity index is 1.38. The van der Waals surface area contributed by atoms with Crippen LogP contribution in [0, 0.1) is 0 Å². The van der Waals surface area contributed by atoms with Crippen LogP contribution in [0.4, 0.5) is 11.4 Å². The molecular formula is C23H29N3O3. The third-order valence-electron chi connectivity index (χ3n) is 5.00. The summed E-state index contributed by atoms with van der Waals surface area (Å²) in [6.45, 7) is 5.25. The third kappa shape index (κ3) is 5.98. The molecular weight excluding hydrogens is 366 g/mol. The zero-order chi connectivity index (χ0) is 20.5. The van der Waals surface area contributed by atoms with E-state index in [2.05, 4.69) is 29.3 Å². The Kier molecular flexibility index (Phi) is 7.50. The molecule has 1 heterocycles. The Labute approximate surface area is 172 Å². The van der Waals surface area contributed by atoms with Crippen molar-refractivity contribution in [1.29, 1.82) is 0 Å². The molecule has 154 valence electrons. The lowest BCUT2D eigenvalue weighted by atomic mass is 10.2. The van der Waals surface area contributed by atoms with Crippen molar-refractivity contribution >= 4 is 23.2 Å². The first-order valence-corrected chi connectivity index (χ1v) is 10.3. The van der Waals surface area contributed by atoms with Crippen LogP contribution in [-0.4, -0.2) is 44.6 Å². The monoisotopic (exact) mass is 395 g/mol. The molecule has 2 aromatic carbocycles. The zero-order valence-electron chi connectivity index (χ0n) is 17.0. The Morgan fingerprint density at radius 2 is 2.00 bits per heavy atom. The fraction of sp³-hybridized carbons (Fsp3) is 0.391. The summed E-state index contributed by atoms with van der Waals surface area (Å²) in [5.74, 6) is 0.588. The van der Waals surface area contributed by atoms with Gasteiger partial charge in [0, 0.05) is 50.0 Å². The number of amides is 2. The molecule has 1 fully saturated rings. The highest BCUT2D eigenvalue weighted by Crippen LogP contribution is 2.25. The summed E-state index contributed by atoms with van der Waals surface area (Å²) in [7, 11) is 0. The van der Waals surface area contributed by atoms with Crippen molar-refractivity contribution < 1.29 is 14.3 Å². The number of carbonyl (C=O) groups excluding carboxylic acids is 2. The molecule has 6 heteroatoms. The summed E-state index contributed by atoms with van der Waals surface area (Å²) in [5.41, 5.74) is 2.02. The van der Waals surface area contributed by atoms with Crippen LogP contribution in [-0.2, 0) is 9.59 Å². The van der Waals surface area contributed by atoms with Gasteiger partial charge >= 0.3 is 0 Å². The second-order valence-corrected chi connectivity index (χ2v) is 7.05. The first-order valence-electron chi connectivity index (χ1n) is 10.3. The van der Waals surface area contributed by atoms with Gasteiger partial charge < -0.3 is 19.9 Å². The van der Waals surface area contributed by atoms with Crippen molar-refractivity contribution in [2.75, 3.05) is 42.6 Å². The number of benzene rings is 2. The Morgan fingerprint density at radius 1 is 1.17 bits per heavy atom. The summed E-state index contributed by atoms with van der Waals surface area (Å²) < 4.78 is 5.61. The van der Waals surface area contributed by atoms with Gasteiger partial charge in [-0.3, -0.25) is 9.59 Å². The summed E-state index contributed by atoms with van der Waals surface area (Å²) in [4.78, 5) is 28.0. The van der Waals surface area contributed by atoms with Gasteiger partial charge in [0.2, 0.25) is 5.91 Å². The maximum Gasteiger partial charge on any atom is 0.257 e. The number of hydrogen-bond acceptors (Lipinski definition) is 4. The van der Waals surface area contributed by atoms with Gasteiger partial charge in [-0.2, -0.15) is 0 Å². The molecule has 1 aliphatic heterocycles. The quantitative estimate of drug-likeness (QED) is 0.628. The highest BCUT2D eigenvalue weighted by molar-refractivity contribution is 5.95. The van der Waals surface area contributed by atoms with Gasteiger partial charge in [0.15, 0.2) is 6.61 Å². The fourth-order valence-corrected chi connectivity index (χ4v) is 3.47. The minimum absolute atomic E-state index is 0.0341. The molecule has 0 atom stereocenters. The predicted octanol–water partition coefficient (Wildman–Crippen LogP) is 3.23. The topological polar surface area (TPSA) is 61.9 Å². The molecule has 1 aliphatic rings. The van der Waals surface area contributed by atoms with Crippen LogP contribution in [0.2, 0.25) is 0 Å². The summed E-state index contributed by atoms with van der Waals surface area (Å²) >= 11 is 0. The average Bonchev–Trinajstić information content (AvgIpc) is 3.19. The van der Waals surface area contributed by atoms with Crippen molar-refractivity contribution in [3.05, 3.63) is 54.6 Å². The van der Waals surface area contributed by atoms with Crippen molar-refractivity contribution in [1.82, 2.24) is 5.32 Å². The van der Waals surface area contributed by atoms with E-state index in [0.717, 1.165) is 38.2 Å². The summed E-state index contributed by atoms with van der Waals surface area (Å²) in [6, 6.07) is 17.6. The van der Waals surface area contributed by atoms with Crippen LogP contribution in [0.1, 0.15) is 26.2 Å². The van der Waals surface area contributed by atoms with Crippen LogP contribution in [0.15, 0.2) is 54.6 Å². The van der Waals surface area contributed by atoms with Gasteiger partial charge in [-0.25, -0.2) is 0 Å². The number of nitrogens with one attached hydrogen (secondary N) is 1. The number of nitrogens with zero attached hydrogens (tertiary/aromatic N) is 2. The smallest absolute Gasteiger partial charge is 0.257 e. The zero-order valence-corrected chi connectivity index (χ0v) is 17.0. The van der Waals surface area contributed by atoms with Gasteiger partial charge in [-0.15, -0.1) is 0 Å². The van der Waals surface area contributed by atoms with E-state index in [4.69, 9.17) is 4.74 Å². The van der Waals surface area contributed by atoms with Crippen LogP contribution in [0.25, 0.3) is 0 Å². The molecule has 0 bridgehead atoms. The first kappa shape index (κ1) is 20.7. The lowest BCUT2D eigenvalue weighted by Crippen LogP contribution is -2.32. The number of para-hydroxylation sites is 1. The van der Waals surface area contributed by atoms with Gasteiger partial charge in [-0.1, -0.05) is 24.3 Å². The summed E-state index contributed by atoms with van der Waals surface area (Å²) in [6.07, 6.45) is 2.33. The molecule has 3 rings (SSSR count). The molecule has 1 N–H and O–H groups in total. The number of carbonyl (C=O) groups is 2. The molecule has 2 aromatic rings. The Bertz CT molecular complexity index is 810. The molecule has 1 saturated heterocycles. The average molecular weight is 396 g/mol. The second-order valence-electron chi connectivity index (χ2n) is 7.05. The first-order chi connectivity index (χ1) is 14.2. The Morgan fingerprint density at radius 3 is 2.72 bits per heavy atom. The maximum absolute atomic E-state index is 12.1. The molecule has 0 aliphatic carbocycles. The SMILES string of the molecule is CCN(CCCNC(=O)COc1cccc(N2CCCC2=O)c1)c1ccccc1. The molecule has 2 amide bonds. The third-order valence-corrected chi connectivity index (χ3v) is 5.00. The lowest BCUT2D eigenvalue weighted by molar-refractivity contribution is -0.123. The van der Waals surface area contributed by atoms with E-state index in [1.54, 1.807) is 11.0 Å². The molecule has 6 nitrogen and oxygen atoms in total. The van der Waals surface area contributed by atoms with Gasteiger partial charge in [0.25, 0.3) is 5.91 Å². The number of anilines is 2. The standard InChI is InChI=1S/C23H29N3O3/c1-2-25(19-9-4-3-5-10-19)15-8-14-24-22(27)18-29-21-12-6-11-20(17-21)26-16-7-13-23(26)28/h3-6,9-12,17H,2,7-8,13-16,18H2,1H3,(H,24,27). The Hall–Kier alpha value is -3.02. The van der Waals surface area contributed by atoms with Crippen molar-refractivity contribution in [3.63, 3.8) is 0 Å². The minimum Gasteiger partial charge on any atom is -0.484 e. The number of rotatable bonds is 10. The number of ether oxygens (including phenoxy) is 1. The van der Waals surface area contributed by atoms with E-state index in [9.17, 15) is 9.59 Å². The molecule has 0 spiro atoms.